The minimum atomic E-state index is -4.54. The van der Waals surface area contributed by atoms with Crippen molar-refractivity contribution >= 4 is 17.3 Å². The molecule has 0 bridgehead atoms. The highest BCUT2D eigenvalue weighted by Gasteiger charge is 2.30. The maximum Gasteiger partial charge on any atom is 0.416 e. The number of halogens is 3. The topological polar surface area (TPSA) is 85.2 Å². The number of para-hydroxylation sites is 2. The fourth-order valence-corrected chi connectivity index (χ4v) is 1.87. The lowest BCUT2D eigenvalue weighted by molar-refractivity contribution is -0.137. The molecule has 0 aliphatic heterocycles. The van der Waals surface area contributed by atoms with Gasteiger partial charge in [0.05, 0.1) is 11.3 Å². The predicted octanol–water partition coefficient (Wildman–Crippen LogP) is 3.87. The summed E-state index contributed by atoms with van der Waals surface area (Å²) in [4.78, 5) is 12.0. The number of aromatic hydroxyl groups is 1. The molecule has 3 N–H and O–H groups in total. The summed E-state index contributed by atoms with van der Waals surface area (Å²) in [7, 11) is 0. The Morgan fingerprint density at radius 2 is 1.88 bits per heavy atom. The van der Waals surface area contributed by atoms with E-state index in [-0.39, 0.29) is 22.7 Å². The van der Waals surface area contributed by atoms with E-state index in [2.05, 4.69) is 10.6 Å². The second-order valence-electron chi connectivity index (χ2n) is 4.86. The lowest BCUT2D eigenvalue weighted by Gasteiger charge is -2.10. The van der Waals surface area contributed by atoms with Gasteiger partial charge in [-0.15, -0.1) is 0 Å². The van der Waals surface area contributed by atoms with Gasteiger partial charge in [0.2, 0.25) is 0 Å². The van der Waals surface area contributed by atoms with Gasteiger partial charge in [-0.05, 0) is 30.3 Å². The highest BCUT2D eigenvalue weighted by atomic mass is 19.4. The van der Waals surface area contributed by atoms with E-state index in [0.29, 0.717) is 0 Å². The molecule has 25 heavy (non-hydrogen) atoms. The van der Waals surface area contributed by atoms with Gasteiger partial charge in [0, 0.05) is 11.9 Å². The number of phenols is 1. The second kappa shape index (κ2) is 7.40. The molecule has 1 amide bonds. The number of carbonyl (C=O) groups excluding carboxylic acids is 1. The fraction of sp³-hybridized carbons (Fsp3) is 0.0588. The van der Waals surface area contributed by atoms with Crippen LogP contribution in [-0.4, -0.2) is 11.0 Å². The summed E-state index contributed by atoms with van der Waals surface area (Å²) in [5.41, 5.74) is -1.12. The third kappa shape index (κ3) is 4.75. The predicted molar refractivity (Wildman–Crippen MR) is 85.5 cm³/mol. The molecule has 0 aliphatic rings. The average Bonchev–Trinajstić information content (AvgIpc) is 2.56. The molecule has 2 aromatic carbocycles. The molecule has 0 aliphatic carbocycles. The first-order valence-corrected chi connectivity index (χ1v) is 6.94. The number of benzene rings is 2. The number of amides is 1. The van der Waals surface area contributed by atoms with Crippen molar-refractivity contribution in [2.45, 2.75) is 6.18 Å². The Labute approximate surface area is 141 Å². The molecule has 8 heteroatoms. The molecule has 2 aromatic rings. The van der Waals surface area contributed by atoms with E-state index < -0.39 is 17.6 Å². The van der Waals surface area contributed by atoms with Crippen molar-refractivity contribution in [1.82, 2.24) is 0 Å². The quantitative estimate of drug-likeness (QED) is 0.445. The van der Waals surface area contributed by atoms with Gasteiger partial charge >= 0.3 is 6.18 Å². The monoisotopic (exact) mass is 347 g/mol. The first-order valence-electron chi connectivity index (χ1n) is 6.94. The molecule has 0 aromatic heterocycles. The van der Waals surface area contributed by atoms with Crippen LogP contribution in [0.5, 0.6) is 5.75 Å². The van der Waals surface area contributed by atoms with Crippen molar-refractivity contribution in [3.63, 3.8) is 0 Å². The standard InChI is InChI=1S/C17H12F3N3O2/c18-17(19,20)12-4-3-5-13(8-12)23-16(25)11(9-21)10-22-14-6-1-2-7-15(14)24/h1-8,10,22,24H,(H,23,25)/b11-10-. The highest BCUT2D eigenvalue weighted by Crippen LogP contribution is 2.30. The van der Waals surface area contributed by atoms with E-state index in [4.69, 9.17) is 5.26 Å². The number of hydrogen-bond donors (Lipinski definition) is 3. The van der Waals surface area contributed by atoms with Crippen molar-refractivity contribution < 1.29 is 23.1 Å². The Kier molecular flexibility index (Phi) is 5.29. The summed E-state index contributed by atoms with van der Waals surface area (Å²) in [5, 5.41) is 23.5. The molecule has 0 atom stereocenters. The zero-order valence-corrected chi connectivity index (χ0v) is 12.6. The largest absolute Gasteiger partial charge is 0.506 e. The summed E-state index contributed by atoms with van der Waals surface area (Å²) in [6.45, 7) is 0. The van der Waals surface area contributed by atoms with E-state index in [9.17, 15) is 23.1 Å². The van der Waals surface area contributed by atoms with Gasteiger partial charge in [-0.1, -0.05) is 18.2 Å². The van der Waals surface area contributed by atoms with Crippen LogP contribution in [0.4, 0.5) is 24.5 Å². The van der Waals surface area contributed by atoms with Gasteiger partial charge in [-0.3, -0.25) is 4.79 Å². The van der Waals surface area contributed by atoms with Crippen LogP contribution < -0.4 is 10.6 Å². The first kappa shape index (κ1) is 17.9. The number of carbonyl (C=O) groups is 1. The Balaban J connectivity index is 2.14. The molecule has 0 radical (unpaired) electrons. The van der Waals surface area contributed by atoms with Crippen LogP contribution in [0.25, 0.3) is 0 Å². The number of phenolic OH excluding ortho intramolecular Hbond substituents is 1. The average molecular weight is 347 g/mol. The van der Waals surface area contributed by atoms with Crippen LogP contribution >= 0.6 is 0 Å². The maximum atomic E-state index is 12.7. The third-order valence-corrected chi connectivity index (χ3v) is 3.09. The van der Waals surface area contributed by atoms with E-state index in [0.717, 1.165) is 24.4 Å². The molecule has 2 rings (SSSR count). The van der Waals surface area contributed by atoms with Crippen molar-refractivity contribution in [3.8, 4) is 11.8 Å². The zero-order valence-electron chi connectivity index (χ0n) is 12.6. The molecular formula is C17H12F3N3O2. The van der Waals surface area contributed by atoms with Gasteiger partial charge in [0.1, 0.15) is 17.4 Å². The number of alkyl halides is 3. The van der Waals surface area contributed by atoms with Crippen LogP contribution in [0.3, 0.4) is 0 Å². The van der Waals surface area contributed by atoms with Crippen molar-refractivity contribution in [3.05, 3.63) is 65.9 Å². The molecular weight excluding hydrogens is 335 g/mol. The van der Waals surface area contributed by atoms with Crippen LogP contribution in [0.15, 0.2) is 60.3 Å². The normalized spacial score (nSPS) is 11.5. The minimum Gasteiger partial charge on any atom is -0.506 e. The number of nitrogens with one attached hydrogen (secondary N) is 2. The van der Waals surface area contributed by atoms with E-state index in [1.807, 2.05) is 0 Å². The van der Waals surface area contributed by atoms with Crippen LogP contribution in [0.2, 0.25) is 0 Å². The van der Waals surface area contributed by atoms with E-state index in [1.165, 1.54) is 18.2 Å². The molecule has 0 spiro atoms. The lowest BCUT2D eigenvalue weighted by atomic mass is 10.2. The summed E-state index contributed by atoms with van der Waals surface area (Å²) in [5.74, 6) is -0.973. The number of rotatable bonds is 4. The Hall–Kier alpha value is -3.47. The number of anilines is 2. The highest BCUT2D eigenvalue weighted by molar-refractivity contribution is 6.06. The number of nitriles is 1. The van der Waals surface area contributed by atoms with Gasteiger partial charge in [-0.2, -0.15) is 18.4 Å². The Bertz CT molecular complexity index is 855. The molecule has 5 nitrogen and oxygen atoms in total. The van der Waals surface area contributed by atoms with Crippen LogP contribution in [0.1, 0.15) is 5.56 Å². The fourth-order valence-electron chi connectivity index (χ4n) is 1.87. The SMILES string of the molecule is N#C/C(=C/Nc1ccccc1O)C(=O)Nc1cccc(C(F)(F)F)c1. The number of hydrogen-bond acceptors (Lipinski definition) is 4. The molecule has 128 valence electrons. The number of nitrogens with zero attached hydrogens (tertiary/aromatic N) is 1. The van der Waals surface area contributed by atoms with Crippen molar-refractivity contribution in [2.75, 3.05) is 10.6 Å². The second-order valence-corrected chi connectivity index (χ2v) is 4.86. The van der Waals surface area contributed by atoms with Gasteiger partial charge in [0.15, 0.2) is 0 Å². The minimum absolute atomic E-state index is 0.0886. The molecule has 0 saturated carbocycles. The Morgan fingerprint density at radius 3 is 2.52 bits per heavy atom. The maximum absolute atomic E-state index is 12.7. The summed E-state index contributed by atoms with van der Waals surface area (Å²) in [6.07, 6.45) is -3.49. The third-order valence-electron chi connectivity index (χ3n) is 3.09. The van der Waals surface area contributed by atoms with Gasteiger partial charge in [-0.25, -0.2) is 0 Å². The smallest absolute Gasteiger partial charge is 0.416 e. The van der Waals surface area contributed by atoms with Crippen LogP contribution in [-0.2, 0) is 11.0 Å². The molecule has 0 heterocycles. The lowest BCUT2D eigenvalue weighted by Crippen LogP contribution is -2.15. The zero-order chi connectivity index (χ0) is 18.4. The summed E-state index contributed by atoms with van der Waals surface area (Å²) >= 11 is 0. The van der Waals surface area contributed by atoms with Crippen molar-refractivity contribution in [1.29, 1.82) is 5.26 Å². The van der Waals surface area contributed by atoms with Gasteiger partial charge in [0.25, 0.3) is 5.91 Å². The van der Waals surface area contributed by atoms with E-state index >= 15 is 0 Å². The van der Waals surface area contributed by atoms with E-state index in [1.54, 1.807) is 18.2 Å². The van der Waals surface area contributed by atoms with Crippen molar-refractivity contribution in [2.24, 2.45) is 0 Å². The summed E-state index contributed by atoms with van der Waals surface area (Å²) < 4.78 is 38.0. The van der Waals surface area contributed by atoms with Gasteiger partial charge < -0.3 is 15.7 Å². The molecule has 0 fully saturated rings. The molecule has 0 unspecified atom stereocenters. The summed E-state index contributed by atoms with van der Waals surface area (Å²) in [6, 6.07) is 11.9. The Morgan fingerprint density at radius 1 is 1.16 bits per heavy atom. The molecule has 0 saturated heterocycles. The first-order chi connectivity index (χ1) is 11.8. The van der Waals surface area contributed by atoms with Crippen LogP contribution in [0, 0.1) is 11.3 Å².